The molecular formula is C13H15N3. The zero-order valence-electron chi connectivity index (χ0n) is 8.98. The average molecular weight is 213 g/mol. The Kier molecular flexibility index (Phi) is 2.79. The van der Waals surface area contributed by atoms with Crippen LogP contribution in [0.15, 0.2) is 42.5 Å². The fraction of sp³-hybridized carbons (Fsp3) is 0.0769. The Labute approximate surface area is 94.9 Å². The molecule has 2 aromatic carbocycles. The van der Waals surface area contributed by atoms with Gasteiger partial charge in [0, 0.05) is 17.9 Å². The summed E-state index contributed by atoms with van der Waals surface area (Å²) >= 11 is 0. The van der Waals surface area contributed by atoms with Crippen molar-refractivity contribution in [1.82, 2.24) is 0 Å². The van der Waals surface area contributed by atoms with Gasteiger partial charge in [-0.25, -0.2) is 0 Å². The fourth-order valence-corrected chi connectivity index (χ4v) is 1.68. The molecule has 0 aliphatic carbocycles. The third-order valence-electron chi connectivity index (χ3n) is 2.59. The Morgan fingerprint density at radius 2 is 1.62 bits per heavy atom. The van der Waals surface area contributed by atoms with Gasteiger partial charge in [-0.05, 0) is 34.9 Å². The summed E-state index contributed by atoms with van der Waals surface area (Å²) in [5.74, 6) is 0. The molecule has 3 heteroatoms. The molecule has 0 aliphatic rings. The van der Waals surface area contributed by atoms with Crippen LogP contribution in [-0.4, -0.2) is 0 Å². The maximum Gasteiger partial charge on any atom is 0.0365 e. The summed E-state index contributed by atoms with van der Waals surface area (Å²) in [6.07, 6.45) is 0. The second-order valence-corrected chi connectivity index (χ2v) is 3.74. The van der Waals surface area contributed by atoms with Crippen molar-refractivity contribution in [2.24, 2.45) is 5.73 Å². The third kappa shape index (κ3) is 1.99. The molecule has 2 rings (SSSR count). The lowest BCUT2D eigenvalue weighted by atomic mass is 10.0. The van der Waals surface area contributed by atoms with Crippen LogP contribution in [-0.2, 0) is 6.54 Å². The summed E-state index contributed by atoms with van der Waals surface area (Å²) < 4.78 is 0. The van der Waals surface area contributed by atoms with Gasteiger partial charge in [-0.3, -0.25) is 0 Å². The van der Waals surface area contributed by atoms with Crippen LogP contribution in [0.1, 0.15) is 5.56 Å². The predicted molar refractivity (Wildman–Crippen MR) is 68.6 cm³/mol. The van der Waals surface area contributed by atoms with Crippen LogP contribution in [0.25, 0.3) is 11.1 Å². The standard InChI is InChI=1S/C13H15N3/c14-8-11-5-4-10(7-13(11)16)9-2-1-3-12(15)6-9/h1-7H,8,14-16H2. The van der Waals surface area contributed by atoms with Gasteiger partial charge in [0.05, 0.1) is 0 Å². The van der Waals surface area contributed by atoms with Crippen LogP contribution >= 0.6 is 0 Å². The highest BCUT2D eigenvalue weighted by molar-refractivity contribution is 5.71. The van der Waals surface area contributed by atoms with E-state index >= 15 is 0 Å². The first-order valence-corrected chi connectivity index (χ1v) is 5.15. The number of nitrogen functional groups attached to an aromatic ring is 2. The summed E-state index contributed by atoms with van der Waals surface area (Å²) in [7, 11) is 0. The van der Waals surface area contributed by atoms with Crippen molar-refractivity contribution in [3.05, 3.63) is 48.0 Å². The largest absolute Gasteiger partial charge is 0.399 e. The van der Waals surface area contributed by atoms with E-state index in [1.54, 1.807) is 0 Å². The van der Waals surface area contributed by atoms with E-state index in [-0.39, 0.29) is 0 Å². The third-order valence-corrected chi connectivity index (χ3v) is 2.59. The summed E-state index contributed by atoms with van der Waals surface area (Å²) in [6, 6.07) is 13.6. The Morgan fingerprint density at radius 1 is 0.875 bits per heavy atom. The molecule has 0 saturated heterocycles. The molecule has 0 radical (unpaired) electrons. The topological polar surface area (TPSA) is 78.1 Å². The molecule has 0 saturated carbocycles. The van der Waals surface area contributed by atoms with Gasteiger partial charge < -0.3 is 17.2 Å². The van der Waals surface area contributed by atoms with Crippen molar-refractivity contribution in [1.29, 1.82) is 0 Å². The smallest absolute Gasteiger partial charge is 0.0365 e. The van der Waals surface area contributed by atoms with Gasteiger partial charge in [-0.15, -0.1) is 0 Å². The van der Waals surface area contributed by atoms with Crippen LogP contribution in [0.5, 0.6) is 0 Å². The minimum absolute atomic E-state index is 0.461. The highest BCUT2D eigenvalue weighted by Crippen LogP contribution is 2.25. The summed E-state index contributed by atoms with van der Waals surface area (Å²) in [4.78, 5) is 0. The highest BCUT2D eigenvalue weighted by Gasteiger charge is 2.01. The first kappa shape index (κ1) is 10.5. The molecule has 0 spiro atoms. The molecule has 0 aromatic heterocycles. The quantitative estimate of drug-likeness (QED) is 0.667. The van der Waals surface area contributed by atoms with Crippen LogP contribution < -0.4 is 17.2 Å². The van der Waals surface area contributed by atoms with E-state index < -0.39 is 0 Å². The first-order valence-electron chi connectivity index (χ1n) is 5.15. The molecule has 0 bridgehead atoms. The minimum atomic E-state index is 0.461. The van der Waals surface area contributed by atoms with E-state index in [0.717, 1.165) is 28.1 Å². The van der Waals surface area contributed by atoms with E-state index in [1.165, 1.54) is 0 Å². The van der Waals surface area contributed by atoms with Crippen molar-refractivity contribution in [3.8, 4) is 11.1 Å². The van der Waals surface area contributed by atoms with Crippen molar-refractivity contribution >= 4 is 11.4 Å². The molecule has 16 heavy (non-hydrogen) atoms. The van der Waals surface area contributed by atoms with Crippen LogP contribution in [0.4, 0.5) is 11.4 Å². The number of benzene rings is 2. The lowest BCUT2D eigenvalue weighted by Crippen LogP contribution is -2.01. The molecule has 0 atom stereocenters. The molecule has 0 unspecified atom stereocenters. The zero-order valence-corrected chi connectivity index (χ0v) is 8.98. The van der Waals surface area contributed by atoms with Crippen molar-refractivity contribution < 1.29 is 0 Å². The van der Waals surface area contributed by atoms with Gasteiger partial charge in [0.1, 0.15) is 0 Å². The highest BCUT2D eigenvalue weighted by atomic mass is 14.6. The van der Waals surface area contributed by atoms with E-state index in [9.17, 15) is 0 Å². The first-order chi connectivity index (χ1) is 7.70. The maximum atomic E-state index is 5.90. The average Bonchev–Trinajstić information content (AvgIpc) is 2.29. The minimum Gasteiger partial charge on any atom is -0.399 e. The lowest BCUT2D eigenvalue weighted by Gasteiger charge is -2.07. The van der Waals surface area contributed by atoms with Gasteiger partial charge in [0.15, 0.2) is 0 Å². The van der Waals surface area contributed by atoms with E-state index in [2.05, 4.69) is 0 Å². The second kappa shape index (κ2) is 4.24. The van der Waals surface area contributed by atoms with Crippen LogP contribution in [0.3, 0.4) is 0 Å². The SMILES string of the molecule is NCc1ccc(-c2cccc(N)c2)cc1N. The molecule has 0 aliphatic heterocycles. The summed E-state index contributed by atoms with van der Waals surface area (Å²) in [5, 5.41) is 0. The zero-order chi connectivity index (χ0) is 11.5. The second-order valence-electron chi connectivity index (χ2n) is 3.74. The summed E-state index contributed by atoms with van der Waals surface area (Å²) in [5.41, 5.74) is 21.8. The Bertz CT molecular complexity index is 506. The molecule has 82 valence electrons. The Balaban J connectivity index is 2.45. The van der Waals surface area contributed by atoms with Gasteiger partial charge in [-0.2, -0.15) is 0 Å². The van der Waals surface area contributed by atoms with Gasteiger partial charge in [-0.1, -0.05) is 24.3 Å². The molecule has 0 amide bonds. The van der Waals surface area contributed by atoms with Gasteiger partial charge in [0.25, 0.3) is 0 Å². The number of hydrogen-bond acceptors (Lipinski definition) is 3. The van der Waals surface area contributed by atoms with Crippen LogP contribution in [0.2, 0.25) is 0 Å². The van der Waals surface area contributed by atoms with E-state index in [1.807, 2.05) is 42.5 Å². The van der Waals surface area contributed by atoms with Gasteiger partial charge in [0.2, 0.25) is 0 Å². The molecule has 6 N–H and O–H groups in total. The maximum absolute atomic E-state index is 5.90. The lowest BCUT2D eigenvalue weighted by molar-refractivity contribution is 1.08. The molecule has 2 aromatic rings. The number of hydrogen-bond donors (Lipinski definition) is 3. The molecule has 3 nitrogen and oxygen atoms in total. The number of anilines is 2. The number of rotatable bonds is 2. The monoisotopic (exact) mass is 213 g/mol. The Morgan fingerprint density at radius 3 is 2.25 bits per heavy atom. The van der Waals surface area contributed by atoms with Crippen LogP contribution in [0, 0.1) is 0 Å². The van der Waals surface area contributed by atoms with Crippen molar-refractivity contribution in [2.45, 2.75) is 6.54 Å². The molecule has 0 heterocycles. The van der Waals surface area contributed by atoms with E-state index in [0.29, 0.717) is 6.54 Å². The van der Waals surface area contributed by atoms with E-state index in [4.69, 9.17) is 17.2 Å². The Hall–Kier alpha value is -2.00. The predicted octanol–water partition coefficient (Wildman–Crippen LogP) is 1.98. The molecular weight excluding hydrogens is 198 g/mol. The van der Waals surface area contributed by atoms with Gasteiger partial charge >= 0.3 is 0 Å². The molecule has 0 fully saturated rings. The summed E-state index contributed by atoms with van der Waals surface area (Å²) in [6.45, 7) is 0.461. The van der Waals surface area contributed by atoms with Crippen molar-refractivity contribution in [3.63, 3.8) is 0 Å². The normalized spacial score (nSPS) is 10.3. The number of nitrogens with two attached hydrogens (primary N) is 3. The van der Waals surface area contributed by atoms with Crippen molar-refractivity contribution in [2.75, 3.05) is 11.5 Å². The fourth-order valence-electron chi connectivity index (χ4n) is 1.68.